The van der Waals surface area contributed by atoms with Crippen molar-refractivity contribution in [1.29, 1.82) is 0 Å². The number of imide groups is 2. The zero-order valence-corrected chi connectivity index (χ0v) is 30.3. The molecule has 0 radical (unpaired) electrons. The second-order valence-corrected chi connectivity index (χ2v) is 14.3. The molecule has 0 aromatic heterocycles. The minimum Gasteiger partial charge on any atom is -0.508 e. The first-order valence-corrected chi connectivity index (χ1v) is 17.6. The highest BCUT2D eigenvalue weighted by atomic mass is 35.5. The Morgan fingerprint density at radius 2 is 1.58 bits per heavy atom. The van der Waals surface area contributed by atoms with Crippen molar-refractivity contribution < 1.29 is 48.4 Å². The van der Waals surface area contributed by atoms with Gasteiger partial charge in [-0.15, -0.1) is 0 Å². The molecule has 3 aromatic rings. The van der Waals surface area contributed by atoms with Crippen molar-refractivity contribution in [2.45, 2.75) is 30.6 Å². The van der Waals surface area contributed by atoms with Crippen LogP contribution in [0.1, 0.15) is 36.3 Å². The summed E-state index contributed by atoms with van der Waals surface area (Å²) >= 11 is 12.7. The lowest BCUT2D eigenvalue weighted by molar-refractivity contribution is -0.143. The van der Waals surface area contributed by atoms with Crippen molar-refractivity contribution in [3.05, 3.63) is 87.4 Å². The van der Waals surface area contributed by atoms with E-state index in [9.17, 15) is 29.4 Å². The summed E-state index contributed by atoms with van der Waals surface area (Å²) in [5.41, 5.74) is 2.86. The molecular formula is C38H35Cl2N3O10. The summed E-state index contributed by atoms with van der Waals surface area (Å²) in [4.78, 5) is 70.7. The number of carbonyl (C=O) groups excluding carboxylic acids is 4. The molecule has 4 aliphatic rings. The molecule has 0 unspecified atom stereocenters. The minimum atomic E-state index is -1.71. The SMILES string of the molecule is COc1ccc([C@@]23C(=O)N(Nc4ccc(Cl)cc4Cl)C(=O)[C@@H]2C[C@@H]2C(=CC[C@@H]4C(=O)N(CCC(=O)O)C(=O)[C@@H]42)[C@@H]3c2c(OC)cc(O)cc2OC)cc1. The second kappa shape index (κ2) is 13.6. The molecule has 7 rings (SSSR count). The van der Waals surface area contributed by atoms with E-state index in [1.807, 2.05) is 6.08 Å². The van der Waals surface area contributed by atoms with E-state index in [1.165, 1.54) is 45.6 Å². The van der Waals surface area contributed by atoms with Gasteiger partial charge in [0.2, 0.25) is 11.8 Å². The summed E-state index contributed by atoms with van der Waals surface area (Å²) in [6.45, 7) is -0.290. The number of halogens is 2. The number of likely N-dealkylation sites (tertiary alicyclic amines) is 1. The molecule has 3 N–H and O–H groups in total. The zero-order chi connectivity index (χ0) is 37.9. The number of fused-ring (bicyclic) bond motifs is 4. The van der Waals surface area contributed by atoms with Gasteiger partial charge in [-0.25, -0.2) is 0 Å². The maximum Gasteiger partial charge on any atom is 0.305 e. The van der Waals surface area contributed by atoms with Gasteiger partial charge in [-0.2, -0.15) is 5.01 Å². The number of methoxy groups -OCH3 is 3. The van der Waals surface area contributed by atoms with Gasteiger partial charge < -0.3 is 24.4 Å². The number of rotatable bonds is 10. The Balaban J connectivity index is 1.49. The molecule has 0 bridgehead atoms. The van der Waals surface area contributed by atoms with Gasteiger partial charge in [-0.1, -0.05) is 47.0 Å². The Labute approximate surface area is 314 Å². The lowest BCUT2D eigenvalue weighted by Gasteiger charge is -2.51. The largest absolute Gasteiger partial charge is 0.508 e. The lowest BCUT2D eigenvalue weighted by atomic mass is 9.49. The highest BCUT2D eigenvalue weighted by molar-refractivity contribution is 6.36. The number of carboxylic acid groups (broad SMARTS) is 1. The Morgan fingerprint density at radius 1 is 0.906 bits per heavy atom. The number of aromatic hydroxyl groups is 1. The molecule has 53 heavy (non-hydrogen) atoms. The third-order valence-electron chi connectivity index (χ3n) is 11.0. The fourth-order valence-corrected chi connectivity index (χ4v) is 9.31. The van der Waals surface area contributed by atoms with Crippen LogP contribution in [0.15, 0.2) is 66.2 Å². The number of benzene rings is 3. The van der Waals surface area contributed by atoms with Gasteiger partial charge in [0.25, 0.3) is 11.8 Å². The van der Waals surface area contributed by atoms with Gasteiger partial charge in [0.05, 0.1) is 61.6 Å². The van der Waals surface area contributed by atoms with Crippen molar-refractivity contribution in [1.82, 2.24) is 9.91 Å². The van der Waals surface area contributed by atoms with Crippen LogP contribution in [0, 0.1) is 23.7 Å². The van der Waals surface area contributed by atoms with Crippen LogP contribution in [0.5, 0.6) is 23.0 Å². The standard InChI is InChI=1S/C38H35Cl2N3O10/c1-51-21-7-4-18(5-8-21)38-25(35(48)43(37(38)50)41-27-11-6-19(39)14-26(27)40)17-24-22(33(38)32-28(52-2)15-20(44)16-29(32)53-3)9-10-23-31(24)36(49)42(34(23)47)13-12-30(45)46/h4-9,11,14-16,23-25,31,33,41,44H,10,12-13,17H2,1-3H3,(H,45,46)/t23-,24+,25-,31-,33+,38+/m0/s1. The highest BCUT2D eigenvalue weighted by Crippen LogP contribution is 2.66. The number of ether oxygens (including phenoxy) is 3. The summed E-state index contributed by atoms with van der Waals surface area (Å²) in [5.74, 6) is -7.41. The van der Waals surface area contributed by atoms with Crippen LogP contribution < -0.4 is 19.6 Å². The Hall–Kier alpha value is -5.27. The Kier molecular flexibility index (Phi) is 9.27. The van der Waals surface area contributed by atoms with E-state index in [-0.39, 0.29) is 47.3 Å². The molecule has 6 atom stereocenters. The van der Waals surface area contributed by atoms with Crippen LogP contribution in [0.4, 0.5) is 5.69 Å². The number of hydrogen-bond donors (Lipinski definition) is 3. The summed E-state index contributed by atoms with van der Waals surface area (Å²) in [7, 11) is 4.31. The normalized spacial score (nSPS) is 26.1. The van der Waals surface area contributed by atoms with Gasteiger partial charge in [0.15, 0.2) is 0 Å². The number of carboxylic acids is 1. The maximum absolute atomic E-state index is 15.5. The average Bonchev–Trinajstić information content (AvgIpc) is 3.51. The van der Waals surface area contributed by atoms with Crippen LogP contribution >= 0.6 is 23.2 Å². The Morgan fingerprint density at radius 3 is 2.19 bits per heavy atom. The smallest absolute Gasteiger partial charge is 0.305 e. The third-order valence-corrected chi connectivity index (χ3v) is 11.6. The Bertz CT molecular complexity index is 2060. The fourth-order valence-electron chi connectivity index (χ4n) is 8.86. The molecule has 2 aliphatic carbocycles. The number of carbonyl (C=O) groups is 5. The molecule has 276 valence electrons. The maximum atomic E-state index is 15.5. The molecule has 3 fully saturated rings. The van der Waals surface area contributed by atoms with Crippen LogP contribution in [-0.2, 0) is 29.4 Å². The molecule has 2 heterocycles. The van der Waals surface area contributed by atoms with Gasteiger partial charge in [-0.3, -0.25) is 34.3 Å². The van der Waals surface area contributed by atoms with E-state index in [2.05, 4.69) is 5.43 Å². The predicted molar refractivity (Wildman–Crippen MR) is 191 cm³/mol. The number of hydrazine groups is 1. The number of nitrogens with zero attached hydrogens (tertiary/aromatic N) is 2. The summed E-state index contributed by atoms with van der Waals surface area (Å²) in [6.07, 6.45) is 1.54. The van der Waals surface area contributed by atoms with Crippen molar-refractivity contribution in [2.75, 3.05) is 33.3 Å². The molecule has 2 aliphatic heterocycles. The molecule has 2 saturated heterocycles. The summed E-state index contributed by atoms with van der Waals surface area (Å²) in [6, 6.07) is 14.1. The molecule has 1 saturated carbocycles. The number of allylic oxidation sites excluding steroid dienone is 2. The van der Waals surface area contributed by atoms with Crippen molar-refractivity contribution >= 4 is 58.5 Å². The first-order chi connectivity index (χ1) is 25.4. The fraction of sp³-hybridized carbons (Fsp3) is 0.342. The quantitative estimate of drug-likeness (QED) is 0.184. The van der Waals surface area contributed by atoms with E-state index in [0.717, 1.165) is 9.91 Å². The van der Waals surface area contributed by atoms with Crippen molar-refractivity contribution in [3.8, 4) is 23.0 Å². The summed E-state index contributed by atoms with van der Waals surface area (Å²) < 4.78 is 17.1. The highest BCUT2D eigenvalue weighted by Gasteiger charge is 2.71. The third kappa shape index (κ3) is 5.56. The predicted octanol–water partition coefficient (Wildman–Crippen LogP) is 5.18. The van der Waals surface area contributed by atoms with Crippen LogP contribution in [0.25, 0.3) is 0 Å². The van der Waals surface area contributed by atoms with Crippen LogP contribution in [-0.4, -0.2) is 77.6 Å². The van der Waals surface area contributed by atoms with Gasteiger partial charge in [0.1, 0.15) is 23.0 Å². The number of aliphatic carboxylic acids is 1. The van der Waals surface area contributed by atoms with E-state index in [4.69, 9.17) is 37.4 Å². The molecule has 13 nitrogen and oxygen atoms in total. The number of phenols is 1. The van der Waals surface area contributed by atoms with Gasteiger partial charge in [0, 0.05) is 35.2 Å². The first kappa shape index (κ1) is 36.1. The summed E-state index contributed by atoms with van der Waals surface area (Å²) in [5, 5.41) is 21.5. The zero-order valence-electron chi connectivity index (χ0n) is 28.8. The van der Waals surface area contributed by atoms with Crippen molar-refractivity contribution in [2.24, 2.45) is 23.7 Å². The lowest BCUT2D eigenvalue weighted by Crippen LogP contribution is -2.53. The molecule has 15 heteroatoms. The number of hydrogen-bond acceptors (Lipinski definition) is 10. The molecule has 0 spiro atoms. The first-order valence-electron chi connectivity index (χ1n) is 16.8. The van der Waals surface area contributed by atoms with E-state index >= 15 is 4.79 Å². The molecular weight excluding hydrogens is 729 g/mol. The van der Waals surface area contributed by atoms with E-state index < -0.39 is 71.0 Å². The number of amides is 4. The number of anilines is 1. The van der Waals surface area contributed by atoms with Gasteiger partial charge in [-0.05, 0) is 54.7 Å². The number of nitrogens with one attached hydrogen (secondary N) is 1. The minimum absolute atomic E-state index is 0.0128. The van der Waals surface area contributed by atoms with Crippen LogP contribution in [0.2, 0.25) is 10.0 Å². The topological polar surface area (TPSA) is 172 Å². The van der Waals surface area contributed by atoms with Crippen molar-refractivity contribution in [3.63, 3.8) is 0 Å². The van der Waals surface area contributed by atoms with Crippen LogP contribution in [0.3, 0.4) is 0 Å². The number of phenolic OH excluding ortho intramolecular Hbond substituents is 1. The molecule has 4 amide bonds. The molecule has 3 aromatic carbocycles. The monoisotopic (exact) mass is 763 g/mol. The average molecular weight is 765 g/mol. The van der Waals surface area contributed by atoms with Gasteiger partial charge >= 0.3 is 5.97 Å². The van der Waals surface area contributed by atoms with E-state index in [0.29, 0.717) is 27.5 Å². The second-order valence-electron chi connectivity index (χ2n) is 13.4. The van der Waals surface area contributed by atoms with E-state index in [1.54, 1.807) is 30.3 Å².